The van der Waals surface area contributed by atoms with Gasteiger partial charge < -0.3 is 4.90 Å². The van der Waals surface area contributed by atoms with Gasteiger partial charge in [0.2, 0.25) is 0 Å². The summed E-state index contributed by atoms with van der Waals surface area (Å²) in [5.74, 6) is 0.179. The van der Waals surface area contributed by atoms with Gasteiger partial charge in [0.1, 0.15) is 0 Å². The molecule has 1 amide bonds. The second kappa shape index (κ2) is 4.73. The molecule has 1 aromatic carbocycles. The fourth-order valence-electron chi connectivity index (χ4n) is 1.75. The average Bonchev–Trinajstić information content (AvgIpc) is 2.54. The third-order valence-electron chi connectivity index (χ3n) is 2.50. The van der Waals surface area contributed by atoms with Crippen molar-refractivity contribution in [3.8, 4) is 0 Å². The van der Waals surface area contributed by atoms with E-state index in [0.717, 1.165) is 20.1 Å². The molecule has 0 N–H and O–H groups in total. The van der Waals surface area contributed by atoms with Crippen molar-refractivity contribution in [3.63, 3.8) is 0 Å². The first-order chi connectivity index (χ1) is 7.15. The van der Waals surface area contributed by atoms with E-state index in [1.54, 1.807) is 4.90 Å². The lowest BCUT2D eigenvalue weighted by Crippen LogP contribution is -2.20. The zero-order chi connectivity index (χ0) is 11.0. The van der Waals surface area contributed by atoms with Gasteiger partial charge in [0.25, 0.3) is 5.91 Å². The molecule has 2 nitrogen and oxygen atoms in total. The number of amides is 1. The molecule has 4 unspecified atom stereocenters. The van der Waals surface area contributed by atoms with Gasteiger partial charge in [0.05, 0.1) is 5.56 Å². The highest BCUT2D eigenvalue weighted by molar-refractivity contribution is 8.63. The number of nitrogens with zero attached hydrogens (tertiary/aromatic N) is 1. The Balaban J connectivity index is 2.52. The van der Waals surface area contributed by atoms with E-state index in [0.29, 0.717) is 0 Å². The number of benzene rings is 1. The fourth-order valence-corrected chi connectivity index (χ4v) is 5.49. The number of rotatable bonds is 2. The maximum Gasteiger partial charge on any atom is 0.254 e. The number of carbonyl (C=O) groups excluding carboxylic acids is 1. The molecule has 80 valence electrons. The number of fused-ring (bicyclic) bond motifs is 1. The van der Waals surface area contributed by atoms with Crippen molar-refractivity contribution >= 4 is 44.3 Å². The standard InChI is InChI=1S/C9H13NOP4/c1-10-5-6-3-2-4-7(15(13)14-12)8(6)9(10)11/h2-4,14H,5,12-13H2,1H3. The van der Waals surface area contributed by atoms with Crippen molar-refractivity contribution in [2.24, 2.45) is 0 Å². The zero-order valence-electron chi connectivity index (χ0n) is 8.40. The predicted molar refractivity (Wildman–Crippen MR) is 76.5 cm³/mol. The SMILES string of the molecule is CN1Cc2cccc(P(P)PP)c2C1=O. The van der Waals surface area contributed by atoms with Crippen molar-refractivity contribution in [1.82, 2.24) is 4.90 Å². The van der Waals surface area contributed by atoms with Crippen LogP contribution in [0.15, 0.2) is 18.2 Å². The van der Waals surface area contributed by atoms with Gasteiger partial charge >= 0.3 is 0 Å². The third-order valence-corrected chi connectivity index (χ3v) is 12.6. The minimum atomic E-state index is -0.262. The molecule has 0 bridgehead atoms. The molecule has 4 atom stereocenters. The van der Waals surface area contributed by atoms with E-state index in [1.165, 1.54) is 10.9 Å². The predicted octanol–water partition coefficient (Wildman–Crippen LogP) is 2.55. The van der Waals surface area contributed by atoms with Crippen LogP contribution in [0.2, 0.25) is 0 Å². The largest absolute Gasteiger partial charge is 0.337 e. The van der Waals surface area contributed by atoms with Crippen LogP contribution >= 0.6 is 33.1 Å². The van der Waals surface area contributed by atoms with Crippen molar-refractivity contribution < 1.29 is 4.79 Å². The van der Waals surface area contributed by atoms with E-state index in [2.05, 4.69) is 36.1 Å². The van der Waals surface area contributed by atoms with E-state index < -0.39 is 0 Å². The highest BCUT2D eigenvalue weighted by Crippen LogP contribution is 2.65. The normalized spacial score (nSPS) is 17.5. The van der Waals surface area contributed by atoms with Crippen molar-refractivity contribution in [2.45, 2.75) is 6.54 Å². The summed E-state index contributed by atoms with van der Waals surface area (Å²) in [7, 11) is 8.04. The highest BCUT2D eigenvalue weighted by atomic mass is 32.6. The van der Waals surface area contributed by atoms with Gasteiger partial charge in [-0.15, -0.1) is 17.9 Å². The quantitative estimate of drug-likeness (QED) is 0.759. The molecule has 1 heterocycles. The molecule has 0 fully saturated rings. The summed E-state index contributed by atoms with van der Waals surface area (Å²) in [6, 6.07) is 6.20. The summed E-state index contributed by atoms with van der Waals surface area (Å²) in [5.41, 5.74) is 2.13. The lowest BCUT2D eigenvalue weighted by molar-refractivity contribution is 0.0817. The maximum absolute atomic E-state index is 12.0. The van der Waals surface area contributed by atoms with Crippen LogP contribution in [0.3, 0.4) is 0 Å². The van der Waals surface area contributed by atoms with E-state index in [-0.39, 0.29) is 13.2 Å². The Bertz CT molecular complexity index is 409. The van der Waals surface area contributed by atoms with Gasteiger partial charge in [-0.25, -0.2) is 0 Å². The summed E-state index contributed by atoms with van der Waals surface area (Å²) in [6.45, 7) is 0.760. The van der Waals surface area contributed by atoms with Crippen molar-refractivity contribution in [3.05, 3.63) is 29.3 Å². The lowest BCUT2D eigenvalue weighted by Gasteiger charge is -2.13. The van der Waals surface area contributed by atoms with Gasteiger partial charge in [-0.3, -0.25) is 4.79 Å². The van der Waals surface area contributed by atoms with Crippen molar-refractivity contribution in [1.29, 1.82) is 0 Å². The fraction of sp³-hybridized carbons (Fsp3) is 0.222. The average molecular weight is 275 g/mol. The molecule has 0 saturated carbocycles. The molecular formula is C9H13NOP4. The molecule has 0 spiro atoms. The van der Waals surface area contributed by atoms with Crippen molar-refractivity contribution in [2.75, 3.05) is 7.05 Å². The first kappa shape index (κ1) is 11.9. The van der Waals surface area contributed by atoms with E-state index >= 15 is 0 Å². The van der Waals surface area contributed by atoms with Gasteiger partial charge in [-0.1, -0.05) is 26.2 Å². The van der Waals surface area contributed by atoms with E-state index in [9.17, 15) is 4.79 Å². The smallest absolute Gasteiger partial charge is 0.254 e. The monoisotopic (exact) mass is 275 g/mol. The summed E-state index contributed by atoms with van der Waals surface area (Å²) in [4.78, 5) is 13.7. The van der Waals surface area contributed by atoms with Crippen LogP contribution in [-0.2, 0) is 6.54 Å². The second-order valence-corrected chi connectivity index (χ2v) is 12.6. The summed E-state index contributed by atoms with van der Waals surface area (Å²) in [6.07, 6.45) is 0. The topological polar surface area (TPSA) is 20.3 Å². The van der Waals surface area contributed by atoms with Gasteiger partial charge in [-0.2, -0.15) is 0 Å². The molecule has 0 saturated heterocycles. The molecule has 0 radical (unpaired) electrons. The first-order valence-corrected chi connectivity index (χ1v) is 11.1. The van der Waals surface area contributed by atoms with Crippen LogP contribution < -0.4 is 5.30 Å². The minimum Gasteiger partial charge on any atom is -0.337 e. The van der Waals surface area contributed by atoms with E-state index in [4.69, 9.17) is 0 Å². The number of carbonyl (C=O) groups is 1. The van der Waals surface area contributed by atoms with E-state index in [1.807, 2.05) is 7.05 Å². The van der Waals surface area contributed by atoms with Crippen LogP contribution in [0.25, 0.3) is 0 Å². The Morgan fingerprint density at radius 2 is 2.27 bits per heavy atom. The second-order valence-electron chi connectivity index (χ2n) is 3.47. The van der Waals surface area contributed by atoms with Crippen LogP contribution in [0.1, 0.15) is 15.9 Å². The number of hydrogen-bond donors (Lipinski definition) is 0. The van der Waals surface area contributed by atoms with Crippen LogP contribution in [0.5, 0.6) is 0 Å². The summed E-state index contributed by atoms with van der Waals surface area (Å²) < 4.78 is 0. The minimum absolute atomic E-state index is 0.179. The third kappa shape index (κ3) is 2.11. The van der Waals surface area contributed by atoms with Gasteiger partial charge in [-0.05, 0) is 18.2 Å². The Morgan fingerprint density at radius 3 is 2.93 bits per heavy atom. The molecule has 1 aromatic rings. The molecule has 1 aliphatic heterocycles. The van der Waals surface area contributed by atoms with Crippen LogP contribution in [0, 0.1) is 0 Å². The van der Waals surface area contributed by atoms with Crippen LogP contribution in [-0.4, -0.2) is 17.9 Å². The van der Waals surface area contributed by atoms with Gasteiger partial charge in [0.15, 0.2) is 0 Å². The number of hydrogen-bond acceptors (Lipinski definition) is 1. The molecule has 2 rings (SSSR count). The molecular weight excluding hydrogens is 262 g/mol. The molecule has 1 aliphatic rings. The highest BCUT2D eigenvalue weighted by Gasteiger charge is 2.28. The Hall–Kier alpha value is 0.410. The summed E-state index contributed by atoms with van der Waals surface area (Å²) >= 11 is 0. The molecule has 0 aliphatic carbocycles. The first-order valence-electron chi connectivity index (χ1n) is 4.53. The Morgan fingerprint density at radius 1 is 1.53 bits per heavy atom. The zero-order valence-corrected chi connectivity index (χ0v) is 12.6. The lowest BCUT2D eigenvalue weighted by atomic mass is 10.1. The van der Waals surface area contributed by atoms with Gasteiger partial charge in [0, 0.05) is 13.6 Å². The Kier molecular flexibility index (Phi) is 3.75. The summed E-state index contributed by atoms with van der Waals surface area (Å²) in [5, 5.41) is 1.23. The molecule has 15 heavy (non-hydrogen) atoms. The molecule has 6 heteroatoms. The Labute approximate surface area is 97.2 Å². The van der Waals surface area contributed by atoms with Crippen LogP contribution in [0.4, 0.5) is 0 Å². The maximum atomic E-state index is 12.0. The molecule has 0 aromatic heterocycles.